The van der Waals surface area contributed by atoms with Crippen LogP contribution in [0.5, 0.6) is 0 Å². The van der Waals surface area contributed by atoms with Crippen molar-refractivity contribution in [3.63, 3.8) is 0 Å². The molecule has 0 aliphatic carbocycles. The molecule has 3 atom stereocenters. The van der Waals surface area contributed by atoms with E-state index < -0.39 is 53.0 Å². The van der Waals surface area contributed by atoms with E-state index in [2.05, 4.69) is 38.1 Å². The Morgan fingerprint density at radius 1 is 0.778 bits per heavy atom. The first-order valence-corrected chi connectivity index (χ1v) is 15.5. The fourth-order valence-corrected chi connectivity index (χ4v) is 4.96. The van der Waals surface area contributed by atoms with Gasteiger partial charge in [0.05, 0.1) is 6.04 Å². The molecular formula is C34H48N6O5. The third-order valence-corrected chi connectivity index (χ3v) is 7.92. The molecule has 45 heavy (non-hydrogen) atoms. The quantitative estimate of drug-likeness (QED) is 0.267. The molecule has 11 heteroatoms. The minimum atomic E-state index is -1.08. The highest BCUT2D eigenvalue weighted by atomic mass is 16.2. The van der Waals surface area contributed by atoms with E-state index in [1.54, 1.807) is 26.0 Å². The number of benzene rings is 2. The van der Waals surface area contributed by atoms with Crippen molar-refractivity contribution < 1.29 is 24.0 Å². The first-order chi connectivity index (χ1) is 21.2. The second kappa shape index (κ2) is 15.7. The molecule has 0 aromatic heterocycles. The van der Waals surface area contributed by atoms with E-state index >= 15 is 0 Å². The van der Waals surface area contributed by atoms with Crippen LogP contribution in [0.2, 0.25) is 0 Å². The summed E-state index contributed by atoms with van der Waals surface area (Å²) in [6, 6.07) is 13.4. The summed E-state index contributed by atoms with van der Waals surface area (Å²) in [5.74, 6) is -3.52. The number of ketones is 1. The molecule has 4 N–H and O–H groups in total. The van der Waals surface area contributed by atoms with Gasteiger partial charge in [0.15, 0.2) is 0 Å². The first-order valence-electron chi connectivity index (χ1n) is 15.5. The van der Waals surface area contributed by atoms with Crippen LogP contribution in [0, 0.1) is 11.3 Å². The van der Waals surface area contributed by atoms with Crippen molar-refractivity contribution in [1.29, 1.82) is 0 Å². The van der Waals surface area contributed by atoms with Gasteiger partial charge in [-0.2, -0.15) is 0 Å². The van der Waals surface area contributed by atoms with Crippen LogP contribution in [0.1, 0.15) is 57.5 Å². The number of nitrogens with zero attached hydrogens (tertiary/aromatic N) is 2. The van der Waals surface area contributed by atoms with Crippen LogP contribution in [0.3, 0.4) is 0 Å². The van der Waals surface area contributed by atoms with E-state index in [4.69, 9.17) is 0 Å². The Bertz CT molecular complexity index is 1330. The van der Waals surface area contributed by atoms with Gasteiger partial charge in [0.2, 0.25) is 17.6 Å². The van der Waals surface area contributed by atoms with Gasteiger partial charge in [0.1, 0.15) is 12.1 Å². The summed E-state index contributed by atoms with van der Waals surface area (Å²) < 4.78 is 0. The third kappa shape index (κ3) is 10.1. The second-order valence-corrected chi connectivity index (χ2v) is 13.1. The van der Waals surface area contributed by atoms with Gasteiger partial charge in [-0.25, -0.2) is 0 Å². The number of carbonyl (C=O) groups excluding carboxylic acids is 5. The van der Waals surface area contributed by atoms with Gasteiger partial charge in [0, 0.05) is 44.0 Å². The third-order valence-electron chi connectivity index (χ3n) is 7.92. The van der Waals surface area contributed by atoms with E-state index in [1.807, 2.05) is 63.2 Å². The van der Waals surface area contributed by atoms with E-state index in [-0.39, 0.29) is 12.5 Å². The number of piperazine rings is 1. The second-order valence-electron chi connectivity index (χ2n) is 13.1. The number of Topliss-reactive ketones (excluding diaryl/α,β-unsaturated/α-hetero) is 1. The van der Waals surface area contributed by atoms with Crippen LogP contribution in [0.25, 0.3) is 0 Å². The standard InChI is InChI=1S/C34H48N6O5/c1-22(2)27(28(41)32(44)35-21-24-11-9-8-10-12-24)37-30(42)23(3)36-33(45)29(34(4,5)6)38-31(43)25-13-15-26(16-14-25)40-19-17-39(7)18-20-40/h8-16,22-23,27,29H,17-21H2,1-7H3,(H,35,44)(H,36,45)(H,37,42)(H,38,43). The summed E-state index contributed by atoms with van der Waals surface area (Å²) in [5, 5.41) is 10.7. The summed E-state index contributed by atoms with van der Waals surface area (Å²) in [4.78, 5) is 69.8. The van der Waals surface area contributed by atoms with Gasteiger partial charge in [-0.1, -0.05) is 65.0 Å². The largest absolute Gasteiger partial charge is 0.369 e. The first kappa shape index (κ1) is 35.2. The molecule has 4 amide bonds. The molecule has 1 heterocycles. The van der Waals surface area contributed by atoms with Crippen molar-refractivity contribution in [1.82, 2.24) is 26.2 Å². The Morgan fingerprint density at radius 2 is 1.38 bits per heavy atom. The Morgan fingerprint density at radius 3 is 1.93 bits per heavy atom. The summed E-state index contributed by atoms with van der Waals surface area (Å²) in [5.41, 5.74) is 1.62. The summed E-state index contributed by atoms with van der Waals surface area (Å²) in [6.45, 7) is 14.3. The molecule has 0 bridgehead atoms. The van der Waals surface area contributed by atoms with Crippen LogP contribution < -0.4 is 26.2 Å². The number of hydrogen-bond acceptors (Lipinski definition) is 7. The molecule has 0 saturated carbocycles. The van der Waals surface area contributed by atoms with Crippen LogP contribution in [-0.4, -0.2) is 85.7 Å². The van der Waals surface area contributed by atoms with E-state index in [0.29, 0.717) is 5.56 Å². The topological polar surface area (TPSA) is 140 Å². The molecular weight excluding hydrogens is 572 g/mol. The van der Waals surface area contributed by atoms with Gasteiger partial charge in [-0.15, -0.1) is 0 Å². The molecule has 1 saturated heterocycles. The average molecular weight is 621 g/mol. The van der Waals surface area contributed by atoms with Gasteiger partial charge in [-0.3, -0.25) is 24.0 Å². The van der Waals surface area contributed by atoms with E-state index in [0.717, 1.165) is 37.4 Å². The highest BCUT2D eigenvalue weighted by molar-refractivity contribution is 6.38. The molecule has 3 rings (SSSR count). The Labute approximate surface area is 266 Å². The van der Waals surface area contributed by atoms with Crippen molar-refractivity contribution in [3.8, 4) is 0 Å². The molecule has 0 radical (unpaired) electrons. The van der Waals surface area contributed by atoms with Crippen LogP contribution in [0.4, 0.5) is 5.69 Å². The Balaban J connectivity index is 1.59. The van der Waals surface area contributed by atoms with Gasteiger partial charge < -0.3 is 31.1 Å². The number of anilines is 1. The molecule has 3 unspecified atom stereocenters. The number of likely N-dealkylation sites (N-methyl/N-ethyl adjacent to an activating group) is 1. The smallest absolute Gasteiger partial charge is 0.289 e. The number of carbonyl (C=O) groups is 5. The van der Waals surface area contributed by atoms with Gasteiger partial charge in [-0.05, 0) is 55.1 Å². The number of amides is 4. The zero-order chi connectivity index (χ0) is 33.3. The number of rotatable bonds is 12. The fraction of sp³-hybridized carbons (Fsp3) is 0.500. The van der Waals surface area contributed by atoms with Gasteiger partial charge >= 0.3 is 0 Å². The zero-order valence-electron chi connectivity index (χ0n) is 27.5. The monoisotopic (exact) mass is 620 g/mol. The summed E-state index contributed by atoms with van der Waals surface area (Å²) in [6.07, 6.45) is 0. The highest BCUT2D eigenvalue weighted by Crippen LogP contribution is 2.21. The molecule has 1 aliphatic heterocycles. The SMILES string of the molecule is CC(NC(=O)C(NC(=O)c1ccc(N2CCN(C)CC2)cc1)C(C)(C)C)C(=O)NC(C(=O)C(=O)NCc1ccccc1)C(C)C. The molecule has 2 aromatic rings. The molecule has 1 fully saturated rings. The minimum Gasteiger partial charge on any atom is -0.369 e. The van der Waals surface area contributed by atoms with E-state index in [9.17, 15) is 24.0 Å². The molecule has 244 valence electrons. The van der Waals surface area contributed by atoms with E-state index in [1.165, 1.54) is 6.92 Å². The lowest BCUT2D eigenvalue weighted by Crippen LogP contribution is -2.59. The number of hydrogen-bond donors (Lipinski definition) is 4. The van der Waals surface area contributed by atoms with Crippen LogP contribution >= 0.6 is 0 Å². The van der Waals surface area contributed by atoms with Crippen molar-refractivity contribution in [2.75, 3.05) is 38.1 Å². The lowest BCUT2D eigenvalue weighted by Gasteiger charge is -2.34. The average Bonchev–Trinajstić information content (AvgIpc) is 3.00. The van der Waals surface area contributed by atoms with Crippen molar-refractivity contribution in [2.45, 2.75) is 66.2 Å². The molecule has 1 aliphatic rings. The maximum absolute atomic E-state index is 13.4. The fourth-order valence-electron chi connectivity index (χ4n) is 4.96. The predicted molar refractivity (Wildman–Crippen MR) is 175 cm³/mol. The minimum absolute atomic E-state index is 0.178. The molecule has 11 nitrogen and oxygen atoms in total. The highest BCUT2D eigenvalue weighted by Gasteiger charge is 2.36. The predicted octanol–water partition coefficient (Wildman–Crippen LogP) is 2.11. The number of nitrogens with one attached hydrogen (secondary N) is 4. The van der Waals surface area contributed by atoms with Crippen LogP contribution in [0.15, 0.2) is 54.6 Å². The van der Waals surface area contributed by atoms with Crippen LogP contribution in [-0.2, 0) is 25.7 Å². The Hall–Kier alpha value is -4.25. The maximum atomic E-state index is 13.4. The zero-order valence-corrected chi connectivity index (χ0v) is 27.5. The lowest BCUT2D eigenvalue weighted by atomic mass is 9.85. The molecule has 0 spiro atoms. The van der Waals surface area contributed by atoms with Gasteiger partial charge in [0.25, 0.3) is 11.8 Å². The summed E-state index contributed by atoms with van der Waals surface area (Å²) in [7, 11) is 2.10. The summed E-state index contributed by atoms with van der Waals surface area (Å²) >= 11 is 0. The molecule has 2 aromatic carbocycles. The lowest BCUT2D eigenvalue weighted by molar-refractivity contribution is -0.141. The maximum Gasteiger partial charge on any atom is 0.289 e. The normalized spacial score (nSPS) is 15.9. The van der Waals surface area contributed by atoms with Crippen molar-refractivity contribution in [2.24, 2.45) is 11.3 Å². The Kier molecular flexibility index (Phi) is 12.3. The van der Waals surface area contributed by atoms with Crippen molar-refractivity contribution >= 4 is 35.1 Å². The van der Waals surface area contributed by atoms with Crippen molar-refractivity contribution in [3.05, 3.63) is 65.7 Å².